The predicted octanol–water partition coefficient (Wildman–Crippen LogP) is 0.715. The van der Waals surface area contributed by atoms with Gasteiger partial charge in [-0.05, 0) is 12.8 Å². The van der Waals surface area contributed by atoms with Gasteiger partial charge >= 0.3 is 6.01 Å². The van der Waals surface area contributed by atoms with E-state index in [0.717, 1.165) is 32.5 Å². The lowest BCUT2D eigenvalue weighted by molar-refractivity contribution is 0.161. The van der Waals surface area contributed by atoms with Crippen LogP contribution in [0.25, 0.3) is 0 Å². The molecule has 19 heavy (non-hydrogen) atoms. The van der Waals surface area contributed by atoms with Gasteiger partial charge in [-0.15, -0.1) is 0 Å². The van der Waals surface area contributed by atoms with Gasteiger partial charge in [0.2, 0.25) is 11.9 Å². The van der Waals surface area contributed by atoms with E-state index >= 15 is 0 Å². The standard InChI is InChI=1S/C12H21N5O2/c1-3-6-19-12-15-10(13)14-11(16-12)17-5-4-9(7-17)8-18-2/h9H,3-8H2,1-2H3,(H2,13,14,15,16). The molecule has 0 spiro atoms. The summed E-state index contributed by atoms with van der Waals surface area (Å²) in [6.07, 6.45) is 1.98. The molecule has 1 saturated heterocycles. The topological polar surface area (TPSA) is 86.4 Å². The van der Waals surface area contributed by atoms with Gasteiger partial charge in [-0.25, -0.2) is 0 Å². The number of aromatic nitrogens is 3. The Hall–Kier alpha value is -1.63. The Morgan fingerprint density at radius 2 is 2.21 bits per heavy atom. The van der Waals surface area contributed by atoms with Crippen LogP contribution in [0, 0.1) is 5.92 Å². The van der Waals surface area contributed by atoms with Crippen molar-refractivity contribution in [2.75, 3.05) is 44.0 Å². The monoisotopic (exact) mass is 267 g/mol. The molecular weight excluding hydrogens is 246 g/mol. The van der Waals surface area contributed by atoms with Crippen LogP contribution in [0.1, 0.15) is 19.8 Å². The van der Waals surface area contributed by atoms with E-state index in [1.54, 1.807) is 7.11 Å². The van der Waals surface area contributed by atoms with Crippen LogP contribution >= 0.6 is 0 Å². The van der Waals surface area contributed by atoms with E-state index in [2.05, 4.69) is 19.9 Å². The summed E-state index contributed by atoms with van der Waals surface area (Å²) in [5.41, 5.74) is 5.70. The molecule has 1 aromatic rings. The van der Waals surface area contributed by atoms with Crippen molar-refractivity contribution < 1.29 is 9.47 Å². The van der Waals surface area contributed by atoms with Gasteiger partial charge in [-0.3, -0.25) is 0 Å². The number of nitrogen functional groups attached to an aromatic ring is 1. The molecule has 0 bridgehead atoms. The number of hydrogen-bond acceptors (Lipinski definition) is 7. The number of nitrogens with zero attached hydrogens (tertiary/aromatic N) is 4. The molecule has 0 saturated carbocycles. The number of nitrogens with two attached hydrogens (primary N) is 1. The molecule has 7 nitrogen and oxygen atoms in total. The van der Waals surface area contributed by atoms with Crippen molar-refractivity contribution in [1.29, 1.82) is 0 Å². The fourth-order valence-corrected chi connectivity index (χ4v) is 2.15. The summed E-state index contributed by atoms with van der Waals surface area (Å²) in [7, 11) is 1.72. The maximum atomic E-state index is 5.70. The highest BCUT2D eigenvalue weighted by atomic mass is 16.5. The fraction of sp³-hybridized carbons (Fsp3) is 0.750. The minimum absolute atomic E-state index is 0.200. The second-order valence-electron chi connectivity index (χ2n) is 4.68. The van der Waals surface area contributed by atoms with Crippen molar-refractivity contribution in [3.63, 3.8) is 0 Å². The number of anilines is 2. The van der Waals surface area contributed by atoms with Crippen LogP contribution in [-0.2, 0) is 4.74 Å². The van der Waals surface area contributed by atoms with Crippen molar-refractivity contribution in [3.05, 3.63) is 0 Å². The normalized spacial score (nSPS) is 18.8. The smallest absolute Gasteiger partial charge is 0.323 e. The Bertz CT molecular complexity index is 415. The number of rotatable bonds is 6. The van der Waals surface area contributed by atoms with Gasteiger partial charge in [-0.1, -0.05) is 6.92 Å². The first-order chi connectivity index (χ1) is 9.22. The zero-order valence-electron chi connectivity index (χ0n) is 11.5. The summed E-state index contributed by atoms with van der Waals surface area (Å²) in [5.74, 6) is 1.31. The van der Waals surface area contributed by atoms with Crippen molar-refractivity contribution in [1.82, 2.24) is 15.0 Å². The van der Waals surface area contributed by atoms with Gasteiger partial charge in [0, 0.05) is 26.1 Å². The highest BCUT2D eigenvalue weighted by Crippen LogP contribution is 2.22. The minimum atomic E-state index is 0.200. The van der Waals surface area contributed by atoms with Crippen LogP contribution in [0.15, 0.2) is 0 Å². The van der Waals surface area contributed by atoms with Crippen molar-refractivity contribution in [2.24, 2.45) is 5.92 Å². The average Bonchev–Trinajstić information content (AvgIpc) is 2.85. The molecule has 0 aliphatic carbocycles. The van der Waals surface area contributed by atoms with Crippen molar-refractivity contribution >= 4 is 11.9 Å². The number of ether oxygens (including phenoxy) is 2. The lowest BCUT2D eigenvalue weighted by Gasteiger charge is -2.16. The molecule has 1 fully saturated rings. The molecular formula is C12H21N5O2. The summed E-state index contributed by atoms with van der Waals surface area (Å²) < 4.78 is 10.6. The van der Waals surface area contributed by atoms with E-state index in [9.17, 15) is 0 Å². The molecule has 0 radical (unpaired) electrons. The van der Waals surface area contributed by atoms with Crippen LogP contribution in [0.2, 0.25) is 0 Å². The van der Waals surface area contributed by atoms with Gasteiger partial charge in [0.25, 0.3) is 0 Å². The second kappa shape index (κ2) is 6.51. The summed E-state index contributed by atoms with van der Waals surface area (Å²) in [5, 5.41) is 0. The van der Waals surface area contributed by atoms with E-state index in [0.29, 0.717) is 24.5 Å². The van der Waals surface area contributed by atoms with Gasteiger partial charge in [0.05, 0.1) is 13.2 Å². The molecule has 7 heteroatoms. The lowest BCUT2D eigenvalue weighted by atomic mass is 10.1. The first-order valence-corrected chi connectivity index (χ1v) is 6.61. The van der Waals surface area contributed by atoms with E-state index in [-0.39, 0.29) is 5.95 Å². The zero-order chi connectivity index (χ0) is 13.7. The third-order valence-electron chi connectivity index (χ3n) is 3.03. The average molecular weight is 267 g/mol. The van der Waals surface area contributed by atoms with Crippen LogP contribution in [0.4, 0.5) is 11.9 Å². The molecule has 1 atom stereocenters. The van der Waals surface area contributed by atoms with E-state index in [4.69, 9.17) is 15.2 Å². The molecule has 2 rings (SSSR count). The number of hydrogen-bond donors (Lipinski definition) is 1. The molecule has 2 N–H and O–H groups in total. The largest absolute Gasteiger partial charge is 0.463 e. The Morgan fingerprint density at radius 1 is 1.37 bits per heavy atom. The molecule has 1 aliphatic rings. The Labute approximate surface area is 113 Å². The lowest BCUT2D eigenvalue weighted by Crippen LogP contribution is -2.24. The van der Waals surface area contributed by atoms with E-state index < -0.39 is 0 Å². The highest BCUT2D eigenvalue weighted by molar-refractivity contribution is 5.37. The quantitative estimate of drug-likeness (QED) is 0.812. The third kappa shape index (κ3) is 3.66. The molecule has 1 aromatic heterocycles. The maximum absolute atomic E-state index is 5.70. The first kappa shape index (κ1) is 13.8. The fourth-order valence-electron chi connectivity index (χ4n) is 2.15. The summed E-state index contributed by atoms with van der Waals surface area (Å²) in [6, 6.07) is 0.305. The van der Waals surface area contributed by atoms with Crippen LogP contribution in [0.5, 0.6) is 6.01 Å². The SMILES string of the molecule is CCCOc1nc(N)nc(N2CCC(COC)C2)n1. The molecule has 0 amide bonds. The Balaban J connectivity index is 2.05. The van der Waals surface area contributed by atoms with Crippen LogP contribution in [-0.4, -0.2) is 48.4 Å². The maximum Gasteiger partial charge on any atom is 0.323 e. The van der Waals surface area contributed by atoms with E-state index in [1.165, 1.54) is 0 Å². The van der Waals surface area contributed by atoms with Gasteiger partial charge in [0.15, 0.2) is 0 Å². The summed E-state index contributed by atoms with van der Waals surface area (Å²) in [6.45, 7) is 5.15. The predicted molar refractivity (Wildman–Crippen MR) is 72.2 cm³/mol. The van der Waals surface area contributed by atoms with Gasteiger partial charge in [0.1, 0.15) is 0 Å². The molecule has 1 unspecified atom stereocenters. The minimum Gasteiger partial charge on any atom is -0.463 e. The molecule has 106 valence electrons. The third-order valence-corrected chi connectivity index (χ3v) is 3.03. The number of methoxy groups -OCH3 is 1. The van der Waals surface area contributed by atoms with Crippen LogP contribution in [0.3, 0.4) is 0 Å². The van der Waals surface area contributed by atoms with Crippen molar-refractivity contribution in [2.45, 2.75) is 19.8 Å². The molecule has 0 aromatic carbocycles. The Morgan fingerprint density at radius 3 is 2.95 bits per heavy atom. The summed E-state index contributed by atoms with van der Waals surface area (Å²) >= 11 is 0. The van der Waals surface area contributed by atoms with Gasteiger partial charge in [-0.2, -0.15) is 15.0 Å². The van der Waals surface area contributed by atoms with Crippen LogP contribution < -0.4 is 15.4 Å². The highest BCUT2D eigenvalue weighted by Gasteiger charge is 2.25. The van der Waals surface area contributed by atoms with E-state index in [1.807, 2.05) is 6.92 Å². The van der Waals surface area contributed by atoms with Crippen molar-refractivity contribution in [3.8, 4) is 6.01 Å². The summed E-state index contributed by atoms with van der Waals surface area (Å²) in [4.78, 5) is 14.6. The molecule has 2 heterocycles. The van der Waals surface area contributed by atoms with Gasteiger partial charge < -0.3 is 20.1 Å². The first-order valence-electron chi connectivity index (χ1n) is 6.61. The zero-order valence-corrected chi connectivity index (χ0v) is 11.5. The second-order valence-corrected chi connectivity index (χ2v) is 4.68. The molecule has 1 aliphatic heterocycles. The Kier molecular flexibility index (Phi) is 4.73.